The molecule has 0 bridgehead atoms. The van der Waals surface area contributed by atoms with E-state index in [1.54, 1.807) is 32.9 Å². The second-order valence-corrected chi connectivity index (χ2v) is 4.47. The van der Waals surface area contributed by atoms with E-state index in [1.165, 1.54) is 0 Å². The third-order valence-electron chi connectivity index (χ3n) is 2.83. The van der Waals surface area contributed by atoms with Gasteiger partial charge in [-0.05, 0) is 33.3 Å². The molecule has 1 unspecified atom stereocenters. The van der Waals surface area contributed by atoms with Gasteiger partial charge in [0.15, 0.2) is 0 Å². The highest BCUT2D eigenvalue weighted by Gasteiger charge is 2.32. The van der Waals surface area contributed by atoms with Gasteiger partial charge < -0.3 is 14.2 Å². The van der Waals surface area contributed by atoms with Crippen molar-refractivity contribution < 1.29 is 23.8 Å². The van der Waals surface area contributed by atoms with Crippen LogP contribution in [0.1, 0.15) is 33.6 Å². The molecular formula is C16H22O5. The molecule has 0 saturated carbocycles. The van der Waals surface area contributed by atoms with Gasteiger partial charge in [0, 0.05) is 6.42 Å². The van der Waals surface area contributed by atoms with E-state index >= 15 is 0 Å². The molecule has 1 heterocycles. The molecule has 0 fully saturated rings. The van der Waals surface area contributed by atoms with Gasteiger partial charge in [-0.3, -0.25) is 0 Å². The minimum atomic E-state index is -0.567. The maximum absolute atomic E-state index is 12.2. The Bertz CT molecular complexity index is 473. The van der Waals surface area contributed by atoms with E-state index in [4.69, 9.17) is 14.2 Å². The van der Waals surface area contributed by atoms with Crippen molar-refractivity contribution in [1.82, 2.24) is 0 Å². The monoisotopic (exact) mass is 294 g/mol. The van der Waals surface area contributed by atoms with E-state index in [0.717, 1.165) is 0 Å². The van der Waals surface area contributed by atoms with E-state index in [0.29, 0.717) is 18.6 Å². The molecule has 5 heteroatoms. The molecule has 1 atom stereocenters. The summed E-state index contributed by atoms with van der Waals surface area (Å²) in [7, 11) is 0. The maximum atomic E-state index is 12.2. The van der Waals surface area contributed by atoms with Crippen LogP contribution in [0.15, 0.2) is 35.6 Å². The van der Waals surface area contributed by atoms with Crippen molar-refractivity contribution >= 4 is 11.9 Å². The van der Waals surface area contributed by atoms with Crippen LogP contribution in [0, 0.1) is 0 Å². The average molecular weight is 294 g/mol. The van der Waals surface area contributed by atoms with Crippen LogP contribution in [0.25, 0.3) is 0 Å². The lowest BCUT2D eigenvalue weighted by Gasteiger charge is -2.24. The molecule has 0 aromatic heterocycles. The predicted molar refractivity (Wildman–Crippen MR) is 78.4 cm³/mol. The molecule has 0 N–H and O–H groups in total. The van der Waals surface area contributed by atoms with Crippen molar-refractivity contribution in [2.45, 2.75) is 39.7 Å². The van der Waals surface area contributed by atoms with E-state index in [1.807, 2.05) is 0 Å². The van der Waals surface area contributed by atoms with Crippen molar-refractivity contribution in [3.8, 4) is 0 Å². The van der Waals surface area contributed by atoms with Crippen LogP contribution in [-0.4, -0.2) is 31.3 Å². The molecule has 116 valence electrons. The van der Waals surface area contributed by atoms with Gasteiger partial charge in [0.1, 0.15) is 17.4 Å². The first-order valence-corrected chi connectivity index (χ1v) is 7.12. The van der Waals surface area contributed by atoms with Gasteiger partial charge in [-0.15, -0.1) is 6.58 Å². The standard InChI is InChI=1S/C16H22O5/c1-5-8-9-13-14(16(18)20-7-3)12(10-11(4)21-13)15(17)19-6-2/h5,10-11H,1,6-9H2,2-4H3. The molecule has 0 radical (unpaired) electrons. The Hall–Kier alpha value is -2.04. The van der Waals surface area contributed by atoms with Crippen LogP contribution in [0.2, 0.25) is 0 Å². The van der Waals surface area contributed by atoms with E-state index in [9.17, 15) is 9.59 Å². The zero-order valence-corrected chi connectivity index (χ0v) is 12.8. The van der Waals surface area contributed by atoms with Crippen molar-refractivity contribution in [2.75, 3.05) is 13.2 Å². The van der Waals surface area contributed by atoms with E-state index in [-0.39, 0.29) is 30.5 Å². The minimum Gasteiger partial charge on any atom is -0.490 e. The second-order valence-electron chi connectivity index (χ2n) is 4.47. The Morgan fingerprint density at radius 1 is 1.29 bits per heavy atom. The molecule has 0 aromatic carbocycles. The number of hydrogen-bond donors (Lipinski definition) is 0. The van der Waals surface area contributed by atoms with Gasteiger partial charge in [-0.25, -0.2) is 9.59 Å². The highest BCUT2D eigenvalue weighted by Crippen LogP contribution is 2.29. The number of allylic oxidation sites excluding steroid dienone is 2. The summed E-state index contributed by atoms with van der Waals surface area (Å²) >= 11 is 0. The van der Waals surface area contributed by atoms with Crippen molar-refractivity contribution in [3.63, 3.8) is 0 Å². The lowest BCUT2D eigenvalue weighted by atomic mass is 9.98. The zero-order valence-electron chi connectivity index (χ0n) is 12.8. The predicted octanol–water partition coefficient (Wildman–Crippen LogP) is 2.68. The van der Waals surface area contributed by atoms with Gasteiger partial charge in [-0.1, -0.05) is 6.08 Å². The number of hydrogen-bond acceptors (Lipinski definition) is 5. The topological polar surface area (TPSA) is 61.8 Å². The fourth-order valence-electron chi connectivity index (χ4n) is 2.01. The zero-order chi connectivity index (χ0) is 15.8. The van der Waals surface area contributed by atoms with Crippen LogP contribution < -0.4 is 0 Å². The van der Waals surface area contributed by atoms with E-state index < -0.39 is 11.9 Å². The summed E-state index contributed by atoms with van der Waals surface area (Å²) in [6.07, 6.45) is 4.13. The summed E-state index contributed by atoms with van der Waals surface area (Å²) in [6, 6.07) is 0. The summed E-state index contributed by atoms with van der Waals surface area (Å²) in [6.45, 7) is 9.34. The Balaban J connectivity index is 3.20. The van der Waals surface area contributed by atoms with Crippen LogP contribution >= 0.6 is 0 Å². The summed E-state index contributed by atoms with van der Waals surface area (Å²) in [5.74, 6) is -0.652. The smallest absolute Gasteiger partial charge is 0.342 e. The molecule has 21 heavy (non-hydrogen) atoms. The molecule has 0 saturated heterocycles. The average Bonchev–Trinajstić information content (AvgIpc) is 2.44. The highest BCUT2D eigenvalue weighted by molar-refractivity contribution is 6.07. The molecule has 1 aliphatic rings. The first-order valence-electron chi connectivity index (χ1n) is 7.12. The number of rotatable bonds is 7. The number of ether oxygens (including phenoxy) is 3. The second kappa shape index (κ2) is 8.29. The Kier molecular flexibility index (Phi) is 6.72. The van der Waals surface area contributed by atoms with Crippen LogP contribution in [0.3, 0.4) is 0 Å². The van der Waals surface area contributed by atoms with Gasteiger partial charge in [-0.2, -0.15) is 0 Å². The molecule has 1 aliphatic heterocycles. The molecule has 0 spiro atoms. The molecule has 0 aliphatic carbocycles. The molecule has 5 nitrogen and oxygen atoms in total. The van der Waals surface area contributed by atoms with Crippen molar-refractivity contribution in [3.05, 3.63) is 35.6 Å². The first kappa shape index (κ1) is 17.0. The Morgan fingerprint density at radius 2 is 1.90 bits per heavy atom. The summed E-state index contributed by atoms with van der Waals surface area (Å²) < 4.78 is 15.7. The number of carbonyl (C=O) groups excluding carboxylic acids is 2. The van der Waals surface area contributed by atoms with Crippen molar-refractivity contribution in [2.24, 2.45) is 0 Å². The Labute approximate surface area is 125 Å². The van der Waals surface area contributed by atoms with Crippen LogP contribution in [0.4, 0.5) is 0 Å². The molecule has 0 aromatic rings. The summed E-state index contributed by atoms with van der Waals surface area (Å²) in [5.41, 5.74) is 0.378. The fraction of sp³-hybridized carbons (Fsp3) is 0.500. The molecule has 0 amide bonds. The lowest BCUT2D eigenvalue weighted by molar-refractivity contribution is -0.142. The van der Waals surface area contributed by atoms with Gasteiger partial charge >= 0.3 is 11.9 Å². The SMILES string of the molecule is C=CCCC1=C(C(=O)OCC)C(C(=O)OCC)=CC(C)O1. The largest absolute Gasteiger partial charge is 0.490 e. The van der Waals surface area contributed by atoms with Crippen LogP contribution in [-0.2, 0) is 23.8 Å². The normalized spacial score (nSPS) is 17.7. The third kappa shape index (κ3) is 4.48. The van der Waals surface area contributed by atoms with Crippen molar-refractivity contribution in [1.29, 1.82) is 0 Å². The van der Waals surface area contributed by atoms with Crippen LogP contribution in [0.5, 0.6) is 0 Å². The van der Waals surface area contributed by atoms with Gasteiger partial charge in [0.25, 0.3) is 0 Å². The Morgan fingerprint density at radius 3 is 2.48 bits per heavy atom. The molecule has 1 rings (SSSR count). The first-order chi connectivity index (χ1) is 10.0. The summed E-state index contributed by atoms with van der Waals surface area (Å²) in [4.78, 5) is 24.2. The lowest BCUT2D eigenvalue weighted by Crippen LogP contribution is -2.25. The van der Waals surface area contributed by atoms with Gasteiger partial charge in [0.05, 0.1) is 18.8 Å². The quantitative estimate of drug-likeness (QED) is 0.533. The number of esters is 2. The van der Waals surface area contributed by atoms with E-state index in [2.05, 4.69) is 6.58 Å². The third-order valence-corrected chi connectivity index (χ3v) is 2.83. The summed E-state index contributed by atoms with van der Waals surface area (Å²) in [5, 5.41) is 0. The maximum Gasteiger partial charge on any atom is 0.342 e. The fourth-order valence-corrected chi connectivity index (χ4v) is 2.01. The van der Waals surface area contributed by atoms with Gasteiger partial charge in [0.2, 0.25) is 0 Å². The number of carbonyl (C=O) groups is 2. The minimum absolute atomic E-state index is 0.162. The molecular weight excluding hydrogens is 272 g/mol. The highest BCUT2D eigenvalue weighted by atomic mass is 16.5.